The van der Waals surface area contributed by atoms with Crippen LogP contribution < -0.4 is 5.32 Å². The molecule has 0 aliphatic heterocycles. The van der Waals surface area contributed by atoms with Crippen molar-refractivity contribution in [1.29, 1.82) is 0 Å². The molecule has 1 amide bonds. The Kier molecular flexibility index (Phi) is 15.7. The highest BCUT2D eigenvalue weighted by molar-refractivity contribution is 5.88. The number of unbranched alkanes of at least 4 members (excludes halogenated alkanes) is 12. The van der Waals surface area contributed by atoms with Gasteiger partial charge in [0.05, 0.1) is 12.1 Å². The van der Waals surface area contributed by atoms with Gasteiger partial charge < -0.3 is 10.1 Å². The number of ether oxygens (including phenoxy) is 1. The summed E-state index contributed by atoms with van der Waals surface area (Å²) in [6.07, 6.45) is 20.5. The normalized spacial score (nSPS) is 10.7. The van der Waals surface area contributed by atoms with Crippen LogP contribution in [0.2, 0.25) is 0 Å². The molecule has 0 aliphatic rings. The smallest absolute Gasteiger partial charge is 0.339 e. The molecule has 0 spiro atoms. The number of carbonyl (C=O) groups excluding carboxylic acids is 2. The summed E-state index contributed by atoms with van der Waals surface area (Å²) in [6, 6.07) is 3.34. The van der Waals surface area contributed by atoms with Crippen molar-refractivity contribution in [1.82, 2.24) is 10.3 Å². The fourth-order valence-corrected chi connectivity index (χ4v) is 3.29. The molecule has 0 fully saturated rings. The fourth-order valence-electron chi connectivity index (χ4n) is 3.29. The molecule has 1 aromatic heterocycles. The molecule has 29 heavy (non-hydrogen) atoms. The monoisotopic (exact) mass is 404 g/mol. The van der Waals surface area contributed by atoms with Gasteiger partial charge in [0.1, 0.15) is 6.61 Å². The Morgan fingerprint density at radius 1 is 0.897 bits per heavy atom. The van der Waals surface area contributed by atoms with E-state index in [-0.39, 0.29) is 12.5 Å². The molecule has 1 heterocycles. The second-order valence-corrected chi connectivity index (χ2v) is 7.72. The third kappa shape index (κ3) is 14.7. The number of esters is 1. The van der Waals surface area contributed by atoms with Crippen LogP contribution in [-0.2, 0) is 9.53 Å². The quantitative estimate of drug-likeness (QED) is 0.247. The minimum absolute atomic E-state index is 0.0329. The largest absolute Gasteiger partial charge is 0.460 e. The van der Waals surface area contributed by atoms with Crippen molar-refractivity contribution in [3.63, 3.8) is 0 Å². The van der Waals surface area contributed by atoms with E-state index in [1.54, 1.807) is 18.3 Å². The predicted octanol–water partition coefficient (Wildman–Crippen LogP) is 5.84. The molecular formula is C24H40N2O3. The first-order valence-corrected chi connectivity index (χ1v) is 11.6. The Balaban J connectivity index is 1.83. The van der Waals surface area contributed by atoms with Gasteiger partial charge in [-0.2, -0.15) is 0 Å². The molecule has 5 nitrogen and oxygen atoms in total. The van der Waals surface area contributed by atoms with Gasteiger partial charge in [-0.3, -0.25) is 9.78 Å². The standard InChI is InChI=1S/C24H40N2O3/c1-2-3-4-5-6-7-8-9-10-11-12-13-14-17-23(27)26-19-20-29-24(28)22-16-15-18-25-21-22/h15-16,18,21H,2-14,17,19-20H2,1H3,(H,26,27). The van der Waals surface area contributed by atoms with Gasteiger partial charge >= 0.3 is 5.97 Å². The molecule has 0 unspecified atom stereocenters. The van der Waals surface area contributed by atoms with Crippen molar-refractivity contribution in [3.05, 3.63) is 30.1 Å². The lowest BCUT2D eigenvalue weighted by Crippen LogP contribution is -2.27. The molecule has 5 heteroatoms. The highest BCUT2D eigenvalue weighted by atomic mass is 16.5. The second kappa shape index (κ2) is 18.1. The summed E-state index contributed by atoms with van der Waals surface area (Å²) in [5.41, 5.74) is 0.422. The van der Waals surface area contributed by atoms with Crippen LogP contribution in [0, 0.1) is 0 Å². The van der Waals surface area contributed by atoms with Gasteiger partial charge in [0.15, 0.2) is 0 Å². The van der Waals surface area contributed by atoms with Crippen molar-refractivity contribution in [3.8, 4) is 0 Å². The number of hydrogen-bond donors (Lipinski definition) is 1. The van der Waals surface area contributed by atoms with Gasteiger partial charge in [-0.25, -0.2) is 4.79 Å². The van der Waals surface area contributed by atoms with Crippen molar-refractivity contribution >= 4 is 11.9 Å². The lowest BCUT2D eigenvalue weighted by Gasteiger charge is -2.07. The summed E-state index contributed by atoms with van der Waals surface area (Å²) in [6.45, 7) is 2.79. The molecule has 0 bridgehead atoms. The maximum atomic E-state index is 11.8. The summed E-state index contributed by atoms with van der Waals surface area (Å²) >= 11 is 0. The van der Waals surface area contributed by atoms with E-state index in [4.69, 9.17) is 4.74 Å². The van der Waals surface area contributed by atoms with E-state index in [2.05, 4.69) is 17.2 Å². The van der Waals surface area contributed by atoms with Gasteiger partial charge in [0, 0.05) is 18.8 Å². The van der Waals surface area contributed by atoms with Gasteiger partial charge in [-0.05, 0) is 18.6 Å². The third-order valence-corrected chi connectivity index (χ3v) is 5.06. The molecule has 0 saturated carbocycles. The van der Waals surface area contributed by atoms with E-state index in [0.717, 1.165) is 12.8 Å². The summed E-state index contributed by atoms with van der Waals surface area (Å²) in [5.74, 6) is -0.380. The molecule has 1 N–H and O–H groups in total. The molecule has 1 rings (SSSR count). The highest BCUT2D eigenvalue weighted by Gasteiger charge is 2.06. The van der Waals surface area contributed by atoms with Crippen LogP contribution in [0.15, 0.2) is 24.5 Å². The number of carbonyl (C=O) groups is 2. The topological polar surface area (TPSA) is 68.3 Å². The Bertz CT molecular complexity index is 534. The zero-order valence-electron chi connectivity index (χ0n) is 18.3. The summed E-state index contributed by atoms with van der Waals surface area (Å²) in [5, 5.41) is 2.80. The van der Waals surface area contributed by atoms with Crippen LogP contribution in [0.3, 0.4) is 0 Å². The van der Waals surface area contributed by atoms with E-state index in [0.29, 0.717) is 18.5 Å². The maximum Gasteiger partial charge on any atom is 0.339 e. The van der Waals surface area contributed by atoms with Crippen molar-refractivity contribution in [2.24, 2.45) is 0 Å². The highest BCUT2D eigenvalue weighted by Crippen LogP contribution is 2.12. The molecule has 164 valence electrons. The Labute approximate surface area is 177 Å². The van der Waals surface area contributed by atoms with Crippen LogP contribution in [0.5, 0.6) is 0 Å². The number of amides is 1. The van der Waals surface area contributed by atoms with Crippen molar-refractivity contribution < 1.29 is 14.3 Å². The molecular weight excluding hydrogens is 364 g/mol. The lowest BCUT2D eigenvalue weighted by molar-refractivity contribution is -0.121. The fraction of sp³-hybridized carbons (Fsp3) is 0.708. The van der Waals surface area contributed by atoms with E-state index in [1.807, 2.05) is 0 Å². The second-order valence-electron chi connectivity index (χ2n) is 7.72. The molecule has 0 atom stereocenters. The first-order chi connectivity index (χ1) is 14.2. The SMILES string of the molecule is CCCCCCCCCCCCCCCC(=O)NCCOC(=O)c1cccnc1. The zero-order valence-corrected chi connectivity index (χ0v) is 18.3. The number of nitrogens with one attached hydrogen (secondary N) is 1. The number of hydrogen-bond acceptors (Lipinski definition) is 4. The zero-order chi connectivity index (χ0) is 21.0. The predicted molar refractivity (Wildman–Crippen MR) is 118 cm³/mol. The molecule has 0 radical (unpaired) electrons. The summed E-state index contributed by atoms with van der Waals surface area (Å²) in [7, 11) is 0. The van der Waals surface area contributed by atoms with Crippen LogP contribution in [0.4, 0.5) is 0 Å². The van der Waals surface area contributed by atoms with E-state index in [1.165, 1.54) is 76.8 Å². The lowest BCUT2D eigenvalue weighted by atomic mass is 10.0. The van der Waals surface area contributed by atoms with E-state index >= 15 is 0 Å². The minimum atomic E-state index is -0.413. The average molecular weight is 405 g/mol. The average Bonchev–Trinajstić information content (AvgIpc) is 2.75. The molecule has 0 saturated heterocycles. The van der Waals surface area contributed by atoms with E-state index < -0.39 is 5.97 Å². The summed E-state index contributed by atoms with van der Waals surface area (Å²) in [4.78, 5) is 27.4. The van der Waals surface area contributed by atoms with Crippen LogP contribution in [0.1, 0.15) is 107 Å². The van der Waals surface area contributed by atoms with Crippen LogP contribution in [0.25, 0.3) is 0 Å². The van der Waals surface area contributed by atoms with Crippen molar-refractivity contribution in [2.75, 3.05) is 13.2 Å². The number of rotatable bonds is 18. The summed E-state index contributed by atoms with van der Waals surface area (Å²) < 4.78 is 5.11. The number of pyridine rings is 1. The third-order valence-electron chi connectivity index (χ3n) is 5.06. The first-order valence-electron chi connectivity index (χ1n) is 11.6. The maximum absolute atomic E-state index is 11.8. The first kappa shape index (κ1) is 25.1. The van der Waals surface area contributed by atoms with Gasteiger partial charge in [-0.1, -0.05) is 84.0 Å². The minimum Gasteiger partial charge on any atom is -0.460 e. The molecule has 0 aromatic carbocycles. The number of aromatic nitrogens is 1. The number of nitrogens with zero attached hydrogens (tertiary/aromatic N) is 1. The van der Waals surface area contributed by atoms with Crippen LogP contribution in [-0.4, -0.2) is 30.0 Å². The Morgan fingerprint density at radius 3 is 2.03 bits per heavy atom. The van der Waals surface area contributed by atoms with E-state index in [9.17, 15) is 9.59 Å². The Hall–Kier alpha value is -1.91. The van der Waals surface area contributed by atoms with Gasteiger partial charge in [-0.15, -0.1) is 0 Å². The van der Waals surface area contributed by atoms with Crippen LogP contribution >= 0.6 is 0 Å². The van der Waals surface area contributed by atoms with Gasteiger partial charge in [0.2, 0.25) is 5.91 Å². The molecule has 1 aromatic rings. The van der Waals surface area contributed by atoms with Crippen molar-refractivity contribution in [2.45, 2.75) is 96.8 Å². The molecule has 0 aliphatic carbocycles. The van der Waals surface area contributed by atoms with Gasteiger partial charge in [0.25, 0.3) is 0 Å². The Morgan fingerprint density at radius 2 is 1.48 bits per heavy atom.